The molecule has 7 heteroatoms. The predicted octanol–water partition coefficient (Wildman–Crippen LogP) is 12.4. The van der Waals surface area contributed by atoms with E-state index in [0.717, 1.165) is 51.6 Å². The lowest BCUT2D eigenvalue weighted by molar-refractivity contribution is 0.506. The molecule has 0 N–H and O–H groups in total. The first-order valence-corrected chi connectivity index (χ1v) is 18.4. The molecule has 0 spiro atoms. The molecule has 0 aliphatic heterocycles. The highest BCUT2D eigenvalue weighted by Gasteiger charge is 2.24. The Labute approximate surface area is 283 Å². The highest BCUT2D eigenvalue weighted by atomic mass is 32.1. The van der Waals surface area contributed by atoms with Crippen LogP contribution < -0.4 is 0 Å². The molecule has 7 rings (SSSR count). The molecule has 4 aromatic heterocycles. The van der Waals surface area contributed by atoms with Crippen molar-refractivity contribution in [2.45, 2.75) is 78.2 Å². The highest BCUT2D eigenvalue weighted by Crippen LogP contribution is 2.44. The van der Waals surface area contributed by atoms with Gasteiger partial charge in [0.2, 0.25) is 0 Å². The maximum Gasteiger partial charge on any atom is 0.118 e. The van der Waals surface area contributed by atoms with Crippen molar-refractivity contribution >= 4 is 67.2 Å². The summed E-state index contributed by atoms with van der Waals surface area (Å²) in [5.74, 6) is 0. The Morgan fingerprint density at radius 1 is 0.717 bits per heavy atom. The van der Waals surface area contributed by atoms with Crippen molar-refractivity contribution in [2.24, 2.45) is 0 Å². The molecule has 1 atom stereocenters. The maximum absolute atomic E-state index is 10.0. The molecule has 4 heterocycles. The number of thiophene rings is 2. The van der Waals surface area contributed by atoms with Crippen LogP contribution in [0.4, 0.5) is 0 Å². The van der Waals surface area contributed by atoms with E-state index < -0.39 is 0 Å². The number of nitriles is 1. The number of rotatable bonds is 8. The third-order valence-electron chi connectivity index (χ3n) is 10.0. The van der Waals surface area contributed by atoms with Gasteiger partial charge in [-0.05, 0) is 78.1 Å². The van der Waals surface area contributed by atoms with Crippen molar-refractivity contribution in [1.82, 2.24) is 13.3 Å². The van der Waals surface area contributed by atoms with Gasteiger partial charge in [0, 0.05) is 41.4 Å². The largest absolute Gasteiger partial charge is 0.324 e. The number of aromatic nitrogens is 3. The zero-order chi connectivity index (χ0) is 32.4. The average molecular weight is 659 g/mol. The summed E-state index contributed by atoms with van der Waals surface area (Å²) in [6, 6.07) is 29.1. The standard InChI is InChI=1S/C39H38N4S3/c1-8-38(4,5)25-11-13-27-26-12-10-24(20-30(26)43(23(3)22-40)31(27)21-25)32-16-17-33(44-32)28-14-15-29(37-36(28)41-46-42-37)34-18-19-35(45-34)39(6,7)9-2/h10-21,23H,8-9H2,1-7H3. The summed E-state index contributed by atoms with van der Waals surface area (Å²) in [5, 5.41) is 12.4. The lowest BCUT2D eigenvalue weighted by Crippen LogP contribution is -2.15. The van der Waals surface area contributed by atoms with Crippen molar-refractivity contribution in [3.05, 3.63) is 83.2 Å². The zero-order valence-corrected chi connectivity index (χ0v) is 29.9. The van der Waals surface area contributed by atoms with Crippen LogP contribution in [0.1, 0.15) is 77.8 Å². The molecule has 0 aliphatic carbocycles. The SMILES string of the molecule is CCC(C)(C)c1ccc2c3ccc(-c4ccc(-c5ccc(-c6ccc(C(C)(C)CC)s6)c6nsnc56)s4)cc3n(C(C)C#N)c2c1. The average Bonchev–Trinajstić information content (AvgIpc) is 3.88. The van der Waals surface area contributed by atoms with Crippen molar-refractivity contribution in [3.63, 3.8) is 0 Å². The van der Waals surface area contributed by atoms with Gasteiger partial charge in [-0.2, -0.15) is 14.0 Å². The smallest absolute Gasteiger partial charge is 0.118 e. The predicted molar refractivity (Wildman–Crippen MR) is 199 cm³/mol. The summed E-state index contributed by atoms with van der Waals surface area (Å²) in [5.41, 5.74) is 9.12. The van der Waals surface area contributed by atoms with Gasteiger partial charge in [0.25, 0.3) is 0 Å². The second-order valence-corrected chi connectivity index (χ2v) is 16.3. The molecule has 0 radical (unpaired) electrons. The highest BCUT2D eigenvalue weighted by molar-refractivity contribution is 7.19. The molecule has 7 aromatic rings. The van der Waals surface area contributed by atoms with Crippen LogP contribution >= 0.6 is 34.4 Å². The first-order valence-electron chi connectivity index (χ1n) is 16.0. The van der Waals surface area contributed by atoms with Crippen LogP contribution in [0.2, 0.25) is 0 Å². The van der Waals surface area contributed by atoms with Crippen LogP contribution in [0.5, 0.6) is 0 Å². The van der Waals surface area contributed by atoms with Crippen molar-refractivity contribution in [2.75, 3.05) is 0 Å². The summed E-state index contributed by atoms with van der Waals surface area (Å²) in [4.78, 5) is 5.01. The summed E-state index contributed by atoms with van der Waals surface area (Å²) in [7, 11) is 0. The van der Waals surface area contributed by atoms with E-state index in [9.17, 15) is 5.26 Å². The molecule has 0 saturated heterocycles. The molecular weight excluding hydrogens is 621 g/mol. The quantitative estimate of drug-likeness (QED) is 0.163. The van der Waals surface area contributed by atoms with Crippen LogP contribution in [0.25, 0.3) is 64.2 Å². The topological polar surface area (TPSA) is 54.5 Å². The number of benzene rings is 3. The van der Waals surface area contributed by atoms with Crippen molar-refractivity contribution in [3.8, 4) is 37.4 Å². The van der Waals surface area contributed by atoms with E-state index in [1.807, 2.05) is 18.3 Å². The number of nitrogens with zero attached hydrogens (tertiary/aromatic N) is 4. The Bertz CT molecular complexity index is 2280. The van der Waals surface area contributed by atoms with E-state index in [0.29, 0.717) is 0 Å². The Balaban J connectivity index is 1.30. The molecule has 0 amide bonds. The summed E-state index contributed by atoms with van der Waals surface area (Å²) in [6.45, 7) is 15.7. The molecule has 0 saturated carbocycles. The fourth-order valence-electron chi connectivity index (χ4n) is 6.22. The zero-order valence-electron chi connectivity index (χ0n) is 27.4. The molecule has 4 nitrogen and oxygen atoms in total. The van der Waals surface area contributed by atoms with Crippen molar-refractivity contribution < 1.29 is 0 Å². The van der Waals surface area contributed by atoms with Gasteiger partial charge in [-0.25, -0.2) is 0 Å². The van der Waals surface area contributed by atoms with E-state index in [2.05, 4.69) is 125 Å². The van der Waals surface area contributed by atoms with Crippen LogP contribution in [0.3, 0.4) is 0 Å². The summed E-state index contributed by atoms with van der Waals surface area (Å²) >= 11 is 4.93. The van der Waals surface area contributed by atoms with Crippen LogP contribution in [-0.2, 0) is 10.8 Å². The minimum Gasteiger partial charge on any atom is -0.324 e. The van der Waals surface area contributed by atoms with Crippen molar-refractivity contribution in [1.29, 1.82) is 5.26 Å². The molecule has 1 unspecified atom stereocenters. The van der Waals surface area contributed by atoms with Gasteiger partial charge in [0.1, 0.15) is 17.1 Å². The van der Waals surface area contributed by atoms with Crippen LogP contribution in [-0.4, -0.2) is 13.3 Å². The third-order valence-corrected chi connectivity index (χ3v) is 13.2. The lowest BCUT2D eigenvalue weighted by Gasteiger charge is -2.23. The maximum atomic E-state index is 10.0. The van der Waals surface area contributed by atoms with Gasteiger partial charge in [-0.3, -0.25) is 0 Å². The lowest BCUT2D eigenvalue weighted by atomic mass is 9.82. The summed E-state index contributed by atoms with van der Waals surface area (Å²) < 4.78 is 11.8. The molecule has 3 aromatic carbocycles. The third kappa shape index (κ3) is 4.99. The first-order chi connectivity index (χ1) is 22.1. The molecule has 0 bridgehead atoms. The minimum absolute atomic E-state index is 0.0685. The molecule has 0 aliphatic rings. The van der Waals surface area contributed by atoms with Crippen LogP contribution in [0, 0.1) is 11.3 Å². The van der Waals surface area contributed by atoms with Gasteiger partial charge in [0.15, 0.2) is 0 Å². The van der Waals surface area contributed by atoms with E-state index >= 15 is 0 Å². The molecule has 46 heavy (non-hydrogen) atoms. The van der Waals surface area contributed by atoms with E-state index in [-0.39, 0.29) is 16.9 Å². The van der Waals surface area contributed by atoms with E-state index in [4.69, 9.17) is 8.75 Å². The molecule has 232 valence electrons. The summed E-state index contributed by atoms with van der Waals surface area (Å²) in [6.07, 6.45) is 2.15. The number of fused-ring (bicyclic) bond motifs is 4. The van der Waals surface area contributed by atoms with Gasteiger partial charge in [-0.15, -0.1) is 22.7 Å². The second kappa shape index (κ2) is 11.5. The fraction of sp³-hybridized carbons (Fsp3) is 0.308. The van der Waals surface area contributed by atoms with Gasteiger partial charge < -0.3 is 4.57 Å². The van der Waals surface area contributed by atoms with Gasteiger partial charge in [-0.1, -0.05) is 77.9 Å². The molecule has 0 fully saturated rings. The first kappa shape index (κ1) is 30.8. The minimum atomic E-state index is -0.287. The fourth-order valence-corrected chi connectivity index (χ4v) is 9.03. The van der Waals surface area contributed by atoms with Gasteiger partial charge in [0.05, 0.1) is 28.8 Å². The Morgan fingerprint density at radius 2 is 1.30 bits per heavy atom. The van der Waals surface area contributed by atoms with E-state index in [1.165, 1.54) is 47.6 Å². The van der Waals surface area contributed by atoms with Crippen LogP contribution in [0.15, 0.2) is 72.8 Å². The normalized spacial score (nSPS) is 13.2. The molecular formula is C39H38N4S3. The monoisotopic (exact) mass is 658 g/mol. The second-order valence-electron chi connectivity index (χ2n) is 13.6. The van der Waals surface area contributed by atoms with E-state index in [1.54, 1.807) is 11.3 Å². The Kier molecular flexibility index (Phi) is 7.67. The van der Waals surface area contributed by atoms with Gasteiger partial charge >= 0.3 is 0 Å². The number of hydrogen-bond acceptors (Lipinski definition) is 6. The Morgan fingerprint density at radius 3 is 1.96 bits per heavy atom. The number of hydrogen-bond donors (Lipinski definition) is 0. The Hall–Kier alpha value is -3.83.